The van der Waals surface area contributed by atoms with Gasteiger partial charge in [0.2, 0.25) is 0 Å². The van der Waals surface area contributed by atoms with E-state index in [0.717, 1.165) is 12.1 Å². The Hall–Kier alpha value is -1.64. The molecular formula is C20H23NO. The summed E-state index contributed by atoms with van der Waals surface area (Å²) in [5.74, 6) is 1.07. The second-order valence-electron chi connectivity index (χ2n) is 6.70. The molecule has 0 aliphatic carbocycles. The van der Waals surface area contributed by atoms with Crippen LogP contribution in [0.25, 0.3) is 11.1 Å². The Kier molecular flexibility index (Phi) is 3.73. The summed E-state index contributed by atoms with van der Waals surface area (Å²) in [5.41, 5.74) is 3.46. The van der Waals surface area contributed by atoms with Gasteiger partial charge in [-0.1, -0.05) is 54.6 Å². The molecule has 3 aliphatic rings. The maximum Gasteiger partial charge on any atom is 0.0839 e. The molecule has 2 heteroatoms. The van der Waals surface area contributed by atoms with Crippen molar-refractivity contribution in [3.05, 3.63) is 60.2 Å². The summed E-state index contributed by atoms with van der Waals surface area (Å²) >= 11 is 0. The molecule has 0 aromatic heterocycles. The summed E-state index contributed by atoms with van der Waals surface area (Å²) in [4.78, 5) is 2.51. The van der Waals surface area contributed by atoms with Gasteiger partial charge in [-0.15, -0.1) is 0 Å². The largest absolute Gasteiger partial charge is 0.388 e. The normalized spacial score (nSPS) is 28.5. The van der Waals surface area contributed by atoms with E-state index in [9.17, 15) is 5.11 Å². The van der Waals surface area contributed by atoms with E-state index in [1.807, 2.05) is 12.1 Å². The molecule has 22 heavy (non-hydrogen) atoms. The predicted octanol–water partition coefficient (Wildman–Crippen LogP) is 3.73. The van der Waals surface area contributed by atoms with Gasteiger partial charge >= 0.3 is 0 Å². The summed E-state index contributed by atoms with van der Waals surface area (Å²) in [5, 5.41) is 11.1. The minimum Gasteiger partial charge on any atom is -0.388 e. The first-order valence-electron chi connectivity index (χ1n) is 8.38. The Balaban J connectivity index is 1.68. The number of fused-ring (bicyclic) bond motifs is 3. The van der Waals surface area contributed by atoms with Gasteiger partial charge in [-0.3, -0.25) is 0 Å². The van der Waals surface area contributed by atoms with Crippen LogP contribution >= 0.6 is 0 Å². The molecule has 1 N–H and O–H groups in total. The fraction of sp³-hybridized carbons (Fsp3) is 0.400. The van der Waals surface area contributed by atoms with Gasteiger partial charge in [0, 0.05) is 12.5 Å². The lowest BCUT2D eigenvalue weighted by molar-refractivity contribution is -0.0261. The number of piperidine rings is 3. The van der Waals surface area contributed by atoms with Gasteiger partial charge < -0.3 is 10.0 Å². The Morgan fingerprint density at radius 3 is 2.27 bits per heavy atom. The third kappa shape index (κ3) is 2.47. The van der Waals surface area contributed by atoms with E-state index in [1.54, 1.807) is 0 Å². The van der Waals surface area contributed by atoms with Crippen molar-refractivity contribution in [3.63, 3.8) is 0 Å². The standard InChI is InChI=1S/C20H23NO/c22-20(19-14-21-12-10-16(19)11-13-21)18-9-5-4-8-17(18)15-6-2-1-3-7-15/h1-9,16,19-20,22H,10-14H2/t19-,20-/m0/s1. The predicted molar refractivity (Wildman–Crippen MR) is 89.5 cm³/mol. The molecule has 0 amide bonds. The number of rotatable bonds is 3. The summed E-state index contributed by atoms with van der Waals surface area (Å²) in [6.07, 6.45) is 2.13. The highest BCUT2D eigenvalue weighted by Crippen LogP contribution is 2.41. The van der Waals surface area contributed by atoms with Crippen LogP contribution in [-0.4, -0.2) is 29.6 Å². The molecule has 3 saturated heterocycles. The molecule has 2 aromatic carbocycles. The van der Waals surface area contributed by atoms with Crippen molar-refractivity contribution in [2.45, 2.75) is 18.9 Å². The lowest BCUT2D eigenvalue weighted by atomic mass is 9.74. The Labute approximate surface area is 132 Å². The Bertz CT molecular complexity index is 631. The molecule has 3 aliphatic heterocycles. The van der Waals surface area contributed by atoms with E-state index < -0.39 is 0 Å². The van der Waals surface area contributed by atoms with Crippen LogP contribution in [0.1, 0.15) is 24.5 Å². The van der Waals surface area contributed by atoms with E-state index in [-0.39, 0.29) is 6.10 Å². The Morgan fingerprint density at radius 1 is 0.909 bits per heavy atom. The summed E-state index contributed by atoms with van der Waals surface area (Å²) < 4.78 is 0. The third-order valence-corrected chi connectivity index (χ3v) is 5.48. The summed E-state index contributed by atoms with van der Waals surface area (Å²) in [6.45, 7) is 3.48. The minimum absolute atomic E-state index is 0.357. The highest BCUT2D eigenvalue weighted by Gasteiger charge is 2.38. The molecule has 5 rings (SSSR count). The van der Waals surface area contributed by atoms with Crippen molar-refractivity contribution >= 4 is 0 Å². The van der Waals surface area contributed by atoms with Crippen molar-refractivity contribution in [3.8, 4) is 11.1 Å². The smallest absolute Gasteiger partial charge is 0.0839 e. The lowest BCUT2D eigenvalue weighted by Gasteiger charge is -2.46. The average molecular weight is 293 g/mol. The fourth-order valence-corrected chi connectivity index (χ4v) is 4.23. The molecule has 2 atom stereocenters. The number of hydrogen-bond donors (Lipinski definition) is 1. The van der Waals surface area contributed by atoms with Crippen molar-refractivity contribution in [1.82, 2.24) is 4.90 Å². The van der Waals surface area contributed by atoms with Gasteiger partial charge in [0.25, 0.3) is 0 Å². The van der Waals surface area contributed by atoms with Crippen LogP contribution in [0, 0.1) is 11.8 Å². The number of benzene rings is 2. The van der Waals surface area contributed by atoms with Crippen LogP contribution in [0.15, 0.2) is 54.6 Å². The second-order valence-corrected chi connectivity index (χ2v) is 6.70. The molecule has 0 saturated carbocycles. The zero-order valence-corrected chi connectivity index (χ0v) is 12.9. The molecule has 0 spiro atoms. The third-order valence-electron chi connectivity index (χ3n) is 5.48. The zero-order chi connectivity index (χ0) is 14.9. The highest BCUT2D eigenvalue weighted by molar-refractivity contribution is 5.67. The first-order valence-corrected chi connectivity index (χ1v) is 8.38. The molecule has 0 unspecified atom stereocenters. The van der Waals surface area contributed by atoms with Crippen molar-refractivity contribution in [2.24, 2.45) is 11.8 Å². The van der Waals surface area contributed by atoms with Crippen molar-refractivity contribution in [2.75, 3.05) is 19.6 Å². The topological polar surface area (TPSA) is 23.5 Å². The maximum absolute atomic E-state index is 11.1. The number of hydrogen-bond acceptors (Lipinski definition) is 2. The molecule has 114 valence electrons. The molecule has 2 bridgehead atoms. The summed E-state index contributed by atoms with van der Waals surface area (Å²) in [7, 11) is 0. The molecule has 3 fully saturated rings. The van der Waals surface area contributed by atoms with Crippen LogP contribution in [-0.2, 0) is 0 Å². The quantitative estimate of drug-likeness (QED) is 0.932. The number of aliphatic hydroxyl groups excluding tert-OH is 1. The molecular weight excluding hydrogens is 270 g/mol. The van der Waals surface area contributed by atoms with Gasteiger partial charge in [0.15, 0.2) is 0 Å². The fourth-order valence-electron chi connectivity index (χ4n) is 4.23. The minimum atomic E-state index is -0.357. The van der Waals surface area contributed by atoms with E-state index in [1.165, 1.54) is 37.1 Å². The van der Waals surface area contributed by atoms with Crippen LogP contribution < -0.4 is 0 Å². The number of nitrogens with zero attached hydrogens (tertiary/aromatic N) is 1. The Morgan fingerprint density at radius 2 is 1.59 bits per heavy atom. The van der Waals surface area contributed by atoms with E-state index in [4.69, 9.17) is 0 Å². The summed E-state index contributed by atoms with van der Waals surface area (Å²) in [6, 6.07) is 18.8. The second kappa shape index (κ2) is 5.86. The van der Waals surface area contributed by atoms with Crippen LogP contribution in [0.2, 0.25) is 0 Å². The van der Waals surface area contributed by atoms with E-state index in [0.29, 0.717) is 11.8 Å². The van der Waals surface area contributed by atoms with Gasteiger partial charge in [0.1, 0.15) is 0 Å². The van der Waals surface area contributed by atoms with Gasteiger partial charge in [-0.2, -0.15) is 0 Å². The first kappa shape index (κ1) is 14.0. The lowest BCUT2D eigenvalue weighted by Crippen LogP contribution is -2.49. The maximum atomic E-state index is 11.1. The molecule has 0 radical (unpaired) electrons. The van der Waals surface area contributed by atoms with Crippen molar-refractivity contribution < 1.29 is 5.11 Å². The van der Waals surface area contributed by atoms with Crippen molar-refractivity contribution in [1.29, 1.82) is 0 Å². The van der Waals surface area contributed by atoms with Gasteiger partial charge in [-0.05, 0) is 48.5 Å². The van der Waals surface area contributed by atoms with Crippen LogP contribution in [0.4, 0.5) is 0 Å². The van der Waals surface area contributed by atoms with Gasteiger partial charge in [0.05, 0.1) is 6.10 Å². The number of aliphatic hydroxyl groups is 1. The average Bonchev–Trinajstić information content (AvgIpc) is 2.63. The van der Waals surface area contributed by atoms with Crippen LogP contribution in [0.5, 0.6) is 0 Å². The van der Waals surface area contributed by atoms with E-state index in [2.05, 4.69) is 47.4 Å². The molecule has 2 aromatic rings. The monoisotopic (exact) mass is 293 g/mol. The van der Waals surface area contributed by atoms with Crippen LogP contribution in [0.3, 0.4) is 0 Å². The van der Waals surface area contributed by atoms with Gasteiger partial charge in [-0.25, -0.2) is 0 Å². The first-order chi connectivity index (χ1) is 10.8. The SMILES string of the molecule is O[C@@H](c1ccccc1-c1ccccc1)[C@H]1CN2CCC1CC2. The zero-order valence-electron chi connectivity index (χ0n) is 12.9. The van der Waals surface area contributed by atoms with E-state index >= 15 is 0 Å². The molecule has 2 nitrogen and oxygen atoms in total. The molecule has 3 heterocycles. The highest BCUT2D eigenvalue weighted by atomic mass is 16.3.